The molecule has 4 heterocycles. The summed E-state index contributed by atoms with van der Waals surface area (Å²) in [6, 6.07) is 0.557. The van der Waals surface area contributed by atoms with E-state index in [0.29, 0.717) is 17.7 Å². The number of amides is 1. The van der Waals surface area contributed by atoms with Crippen molar-refractivity contribution in [2.75, 3.05) is 19.6 Å². The average Bonchev–Trinajstić information content (AvgIpc) is 3.36. The van der Waals surface area contributed by atoms with Crippen molar-refractivity contribution < 1.29 is 4.79 Å². The van der Waals surface area contributed by atoms with Crippen molar-refractivity contribution in [2.45, 2.75) is 57.0 Å². The van der Waals surface area contributed by atoms with Crippen LogP contribution in [0.1, 0.15) is 60.8 Å². The van der Waals surface area contributed by atoms with Gasteiger partial charge in [0, 0.05) is 38.6 Å². The van der Waals surface area contributed by atoms with E-state index < -0.39 is 0 Å². The Morgan fingerprint density at radius 1 is 1.22 bits per heavy atom. The van der Waals surface area contributed by atoms with Crippen molar-refractivity contribution in [3.05, 3.63) is 24.0 Å². The van der Waals surface area contributed by atoms with Gasteiger partial charge in [0.1, 0.15) is 12.2 Å². The summed E-state index contributed by atoms with van der Waals surface area (Å²) < 4.78 is 3.77. The Labute approximate surface area is 159 Å². The lowest BCUT2D eigenvalue weighted by Crippen LogP contribution is -2.38. The third-order valence-electron chi connectivity index (χ3n) is 5.77. The molecule has 0 aliphatic carbocycles. The average molecular weight is 372 g/mol. The van der Waals surface area contributed by atoms with E-state index in [2.05, 4.69) is 25.8 Å². The summed E-state index contributed by atoms with van der Waals surface area (Å²) in [4.78, 5) is 14.6. The van der Waals surface area contributed by atoms with Gasteiger partial charge in [-0.25, -0.2) is 0 Å². The minimum absolute atomic E-state index is 0.0199. The molecule has 27 heavy (non-hydrogen) atoms. The van der Waals surface area contributed by atoms with Crippen molar-refractivity contribution in [1.29, 1.82) is 0 Å². The van der Waals surface area contributed by atoms with Gasteiger partial charge in [0.15, 0.2) is 5.69 Å². The zero-order valence-corrected chi connectivity index (χ0v) is 15.9. The number of hydrogen-bond donors (Lipinski definition) is 1. The Kier molecular flexibility index (Phi) is 5.47. The van der Waals surface area contributed by atoms with E-state index in [4.69, 9.17) is 0 Å². The third-order valence-corrected chi connectivity index (χ3v) is 5.77. The second kappa shape index (κ2) is 8.16. The molecule has 9 heteroatoms. The first kappa shape index (κ1) is 18.1. The lowest BCUT2D eigenvalue weighted by molar-refractivity contribution is 0.0704. The number of rotatable bonds is 5. The van der Waals surface area contributed by atoms with Crippen molar-refractivity contribution in [2.24, 2.45) is 7.05 Å². The Morgan fingerprint density at radius 3 is 2.78 bits per heavy atom. The number of aromatic nitrogens is 6. The van der Waals surface area contributed by atoms with E-state index in [-0.39, 0.29) is 5.91 Å². The highest BCUT2D eigenvalue weighted by Crippen LogP contribution is 2.26. The molecule has 0 radical (unpaired) electrons. The molecule has 2 aromatic rings. The molecule has 0 spiro atoms. The minimum Gasteiger partial charge on any atom is -0.337 e. The van der Waals surface area contributed by atoms with Gasteiger partial charge in [-0.05, 0) is 38.6 Å². The molecule has 2 aliphatic rings. The summed E-state index contributed by atoms with van der Waals surface area (Å²) in [6.45, 7) is 3.34. The number of nitrogens with zero attached hydrogens (tertiary/aromatic N) is 7. The quantitative estimate of drug-likeness (QED) is 0.840. The Balaban J connectivity index is 1.28. The minimum atomic E-state index is -0.0199. The van der Waals surface area contributed by atoms with E-state index in [1.54, 1.807) is 17.2 Å². The summed E-state index contributed by atoms with van der Waals surface area (Å²) >= 11 is 0. The zero-order valence-electron chi connectivity index (χ0n) is 15.9. The lowest BCUT2D eigenvalue weighted by Gasteiger charge is -2.30. The molecule has 0 saturated carbocycles. The highest BCUT2D eigenvalue weighted by atomic mass is 16.2. The number of carbonyl (C=O) groups is 1. The number of likely N-dealkylation sites (tertiary alicyclic amines) is 1. The first-order valence-corrected chi connectivity index (χ1v) is 9.97. The van der Waals surface area contributed by atoms with Gasteiger partial charge in [0.05, 0.1) is 6.20 Å². The van der Waals surface area contributed by atoms with Gasteiger partial charge >= 0.3 is 0 Å². The molecule has 2 fully saturated rings. The van der Waals surface area contributed by atoms with Gasteiger partial charge in [-0.1, -0.05) is 11.6 Å². The molecule has 2 aromatic heterocycles. The largest absolute Gasteiger partial charge is 0.337 e. The molecule has 1 N–H and O–H groups in total. The van der Waals surface area contributed by atoms with Crippen LogP contribution in [-0.4, -0.2) is 66.2 Å². The number of aryl methyl sites for hydroxylation is 2. The molecule has 146 valence electrons. The summed E-state index contributed by atoms with van der Waals surface area (Å²) in [6.07, 6.45) is 10.1. The molecular weight excluding hydrogens is 344 g/mol. The molecule has 2 aliphatic heterocycles. The van der Waals surface area contributed by atoms with Gasteiger partial charge < -0.3 is 14.8 Å². The normalized spacial score (nSPS) is 21.5. The maximum absolute atomic E-state index is 12.7. The monoisotopic (exact) mass is 372 g/mol. The van der Waals surface area contributed by atoms with Gasteiger partial charge in [-0.3, -0.25) is 9.48 Å². The van der Waals surface area contributed by atoms with E-state index in [0.717, 1.165) is 51.3 Å². The molecule has 1 amide bonds. The fourth-order valence-corrected chi connectivity index (χ4v) is 4.13. The summed E-state index contributed by atoms with van der Waals surface area (Å²) in [5.74, 6) is 1.35. The van der Waals surface area contributed by atoms with Crippen LogP contribution in [0.15, 0.2) is 12.5 Å². The van der Waals surface area contributed by atoms with Crippen LogP contribution in [0, 0.1) is 0 Å². The second-order valence-electron chi connectivity index (χ2n) is 7.67. The van der Waals surface area contributed by atoms with Gasteiger partial charge in [-0.2, -0.15) is 0 Å². The molecule has 0 bridgehead atoms. The van der Waals surface area contributed by atoms with E-state index in [1.807, 2.05) is 16.5 Å². The topological polar surface area (TPSA) is 93.8 Å². The third kappa shape index (κ3) is 4.18. The second-order valence-corrected chi connectivity index (χ2v) is 7.67. The van der Waals surface area contributed by atoms with Crippen molar-refractivity contribution in [3.63, 3.8) is 0 Å². The van der Waals surface area contributed by atoms with Crippen LogP contribution < -0.4 is 5.32 Å². The first-order valence-electron chi connectivity index (χ1n) is 9.97. The molecule has 0 aromatic carbocycles. The summed E-state index contributed by atoms with van der Waals surface area (Å²) in [5, 5.41) is 20.0. The van der Waals surface area contributed by atoms with Gasteiger partial charge in [0.2, 0.25) is 0 Å². The van der Waals surface area contributed by atoms with Crippen molar-refractivity contribution in [3.8, 4) is 0 Å². The number of piperidine rings is 2. The standard InChI is InChI=1S/C18H28N8O/c1-24-13-20-22-17(24)14-5-9-25(10-6-14)18(27)16-12-26(23-21-16)11-7-15-4-2-3-8-19-15/h12-15,19H,2-11H2,1H3. The molecule has 2 saturated heterocycles. The highest BCUT2D eigenvalue weighted by Gasteiger charge is 2.28. The SMILES string of the molecule is Cn1cnnc1C1CCN(C(=O)c2cn(CCC3CCCCN3)nn2)CC1. The van der Waals surface area contributed by atoms with Crippen LogP contribution in [0.5, 0.6) is 0 Å². The molecule has 9 nitrogen and oxygen atoms in total. The molecular formula is C18H28N8O. The smallest absolute Gasteiger partial charge is 0.276 e. The first-order chi connectivity index (χ1) is 13.2. The van der Waals surface area contributed by atoms with E-state index >= 15 is 0 Å². The lowest BCUT2D eigenvalue weighted by atomic mass is 9.96. The van der Waals surface area contributed by atoms with Gasteiger partial charge in [-0.15, -0.1) is 15.3 Å². The fraction of sp³-hybridized carbons (Fsp3) is 0.722. The fourth-order valence-electron chi connectivity index (χ4n) is 4.13. The number of hydrogen-bond acceptors (Lipinski definition) is 6. The van der Waals surface area contributed by atoms with Crippen LogP contribution in [0.3, 0.4) is 0 Å². The zero-order chi connectivity index (χ0) is 18.6. The molecule has 4 rings (SSSR count). The summed E-state index contributed by atoms with van der Waals surface area (Å²) in [5.41, 5.74) is 0.448. The molecule has 1 atom stereocenters. The van der Waals surface area contributed by atoms with Crippen LogP contribution in [0.4, 0.5) is 0 Å². The molecule has 1 unspecified atom stereocenters. The van der Waals surface area contributed by atoms with E-state index in [9.17, 15) is 4.79 Å². The van der Waals surface area contributed by atoms with Crippen LogP contribution in [0.25, 0.3) is 0 Å². The van der Waals surface area contributed by atoms with Crippen LogP contribution in [0.2, 0.25) is 0 Å². The van der Waals surface area contributed by atoms with Crippen molar-refractivity contribution in [1.82, 2.24) is 40.0 Å². The highest BCUT2D eigenvalue weighted by molar-refractivity contribution is 5.92. The number of carbonyl (C=O) groups excluding carboxylic acids is 1. The Hall–Kier alpha value is -2.29. The van der Waals surface area contributed by atoms with Crippen LogP contribution >= 0.6 is 0 Å². The summed E-state index contributed by atoms with van der Waals surface area (Å²) in [7, 11) is 1.97. The maximum Gasteiger partial charge on any atom is 0.276 e. The Bertz CT molecular complexity index is 755. The predicted molar refractivity (Wildman–Crippen MR) is 99.2 cm³/mol. The number of nitrogens with one attached hydrogen (secondary N) is 1. The Morgan fingerprint density at radius 2 is 2.07 bits per heavy atom. The van der Waals surface area contributed by atoms with E-state index in [1.165, 1.54) is 19.3 Å². The maximum atomic E-state index is 12.7. The van der Waals surface area contributed by atoms with Gasteiger partial charge in [0.25, 0.3) is 5.91 Å². The van der Waals surface area contributed by atoms with Crippen LogP contribution in [-0.2, 0) is 13.6 Å². The predicted octanol–water partition coefficient (Wildman–Crippen LogP) is 0.959. The van der Waals surface area contributed by atoms with Crippen molar-refractivity contribution >= 4 is 5.91 Å².